The summed E-state index contributed by atoms with van der Waals surface area (Å²) in [6.07, 6.45) is 5.44. The molecule has 2 atom stereocenters. The molecule has 0 spiro atoms. The number of carbonyl (C=O) groups is 1. The first-order valence-corrected chi connectivity index (χ1v) is 7.02. The third-order valence-corrected chi connectivity index (χ3v) is 3.98. The molecule has 2 rings (SSSR count). The van der Waals surface area contributed by atoms with E-state index in [0.717, 1.165) is 38.5 Å². The Labute approximate surface area is 109 Å². The molecule has 0 aromatic heterocycles. The van der Waals surface area contributed by atoms with Crippen molar-refractivity contribution < 1.29 is 14.6 Å². The van der Waals surface area contributed by atoms with Gasteiger partial charge in [-0.3, -0.25) is 0 Å². The maximum Gasteiger partial charge on any atom is 0.408 e. The quantitative estimate of drug-likeness (QED) is 0.797. The van der Waals surface area contributed by atoms with Gasteiger partial charge in [0, 0.05) is 11.5 Å². The fourth-order valence-electron chi connectivity index (χ4n) is 2.99. The predicted molar refractivity (Wildman–Crippen MR) is 69.3 cm³/mol. The van der Waals surface area contributed by atoms with Crippen molar-refractivity contribution in [3.63, 3.8) is 0 Å². The van der Waals surface area contributed by atoms with Gasteiger partial charge >= 0.3 is 6.09 Å². The third-order valence-electron chi connectivity index (χ3n) is 3.98. The largest absolute Gasteiger partial charge is 0.444 e. The van der Waals surface area contributed by atoms with E-state index in [-0.39, 0.29) is 23.7 Å². The molecule has 2 aliphatic rings. The Morgan fingerprint density at radius 3 is 2.39 bits per heavy atom. The van der Waals surface area contributed by atoms with Crippen LogP contribution in [0.3, 0.4) is 0 Å². The van der Waals surface area contributed by atoms with Gasteiger partial charge in [-0.1, -0.05) is 12.8 Å². The summed E-state index contributed by atoms with van der Waals surface area (Å²) in [6, 6.07) is 0. The van der Waals surface area contributed by atoms with Crippen LogP contribution in [0.15, 0.2) is 0 Å². The van der Waals surface area contributed by atoms with E-state index >= 15 is 0 Å². The lowest BCUT2D eigenvalue weighted by atomic mass is 9.80. The van der Waals surface area contributed by atoms with Crippen LogP contribution >= 0.6 is 0 Å². The molecule has 18 heavy (non-hydrogen) atoms. The molecule has 1 amide bonds. The van der Waals surface area contributed by atoms with Crippen molar-refractivity contribution in [3.05, 3.63) is 0 Å². The van der Waals surface area contributed by atoms with E-state index < -0.39 is 5.60 Å². The van der Waals surface area contributed by atoms with Crippen molar-refractivity contribution in [3.8, 4) is 0 Å². The van der Waals surface area contributed by atoms with Crippen LogP contribution in [-0.2, 0) is 4.74 Å². The number of hydrogen-bond acceptors (Lipinski definition) is 3. The van der Waals surface area contributed by atoms with E-state index in [4.69, 9.17) is 4.74 Å². The first-order chi connectivity index (χ1) is 8.32. The Balaban J connectivity index is 1.93. The van der Waals surface area contributed by atoms with Gasteiger partial charge in [0.1, 0.15) is 5.60 Å². The Kier molecular flexibility index (Phi) is 3.58. The van der Waals surface area contributed by atoms with Crippen LogP contribution in [0.4, 0.5) is 4.79 Å². The Hall–Kier alpha value is -0.770. The number of rotatable bonds is 2. The first kappa shape index (κ1) is 13.7. The Morgan fingerprint density at radius 1 is 1.28 bits per heavy atom. The SMILES string of the molecule is CC(C)(C)OC(=O)NC1(C2CCCCC2O)CC1. The van der Waals surface area contributed by atoms with Gasteiger partial charge < -0.3 is 15.2 Å². The highest BCUT2D eigenvalue weighted by Gasteiger charge is 2.53. The molecule has 4 nitrogen and oxygen atoms in total. The molecule has 104 valence electrons. The van der Waals surface area contributed by atoms with E-state index in [2.05, 4.69) is 5.32 Å². The third kappa shape index (κ3) is 3.16. The van der Waals surface area contributed by atoms with Gasteiger partial charge in [0.05, 0.1) is 6.10 Å². The minimum absolute atomic E-state index is 0.192. The smallest absolute Gasteiger partial charge is 0.408 e. The van der Waals surface area contributed by atoms with Crippen molar-refractivity contribution in [1.82, 2.24) is 5.32 Å². The zero-order chi connectivity index (χ0) is 13.4. The number of ether oxygens (including phenoxy) is 1. The molecule has 0 aliphatic heterocycles. The minimum Gasteiger partial charge on any atom is -0.444 e. The van der Waals surface area contributed by atoms with Crippen molar-refractivity contribution in [2.75, 3.05) is 0 Å². The molecular formula is C14H25NO3. The standard InChI is InChI=1S/C14H25NO3/c1-13(2,3)18-12(17)15-14(8-9-14)10-6-4-5-7-11(10)16/h10-11,16H,4-9H2,1-3H3,(H,15,17). The highest BCUT2D eigenvalue weighted by Crippen LogP contribution is 2.48. The van der Waals surface area contributed by atoms with Crippen LogP contribution in [0, 0.1) is 5.92 Å². The van der Waals surface area contributed by atoms with Crippen LogP contribution in [-0.4, -0.2) is 28.4 Å². The maximum atomic E-state index is 11.8. The molecule has 0 radical (unpaired) electrons. The molecular weight excluding hydrogens is 230 g/mol. The predicted octanol–water partition coefficient (Wildman–Crippen LogP) is 2.59. The average molecular weight is 255 g/mol. The fraction of sp³-hybridized carbons (Fsp3) is 0.929. The Bertz CT molecular complexity index is 317. The molecule has 2 aliphatic carbocycles. The molecule has 0 aromatic rings. The van der Waals surface area contributed by atoms with Gasteiger partial charge in [0.15, 0.2) is 0 Å². The van der Waals surface area contributed by atoms with Crippen molar-refractivity contribution >= 4 is 6.09 Å². The summed E-state index contributed by atoms with van der Waals surface area (Å²) in [6.45, 7) is 5.59. The zero-order valence-electron chi connectivity index (χ0n) is 11.7. The second-order valence-corrected chi connectivity index (χ2v) is 6.74. The van der Waals surface area contributed by atoms with E-state index in [1.54, 1.807) is 0 Å². The summed E-state index contributed by atoms with van der Waals surface area (Å²) in [5.74, 6) is 0.207. The van der Waals surface area contributed by atoms with E-state index in [1.807, 2.05) is 20.8 Å². The molecule has 2 saturated carbocycles. The minimum atomic E-state index is -0.467. The molecule has 0 saturated heterocycles. The van der Waals surface area contributed by atoms with Crippen LogP contribution in [0.2, 0.25) is 0 Å². The highest BCUT2D eigenvalue weighted by atomic mass is 16.6. The van der Waals surface area contributed by atoms with Gasteiger partial charge in [-0.15, -0.1) is 0 Å². The number of hydrogen-bond donors (Lipinski definition) is 2. The van der Waals surface area contributed by atoms with Gasteiger partial charge in [-0.2, -0.15) is 0 Å². The van der Waals surface area contributed by atoms with Gasteiger partial charge in [0.2, 0.25) is 0 Å². The zero-order valence-corrected chi connectivity index (χ0v) is 11.7. The summed E-state index contributed by atoms with van der Waals surface area (Å²) in [5, 5.41) is 13.1. The molecule has 0 aromatic carbocycles. The molecule has 4 heteroatoms. The molecule has 2 unspecified atom stereocenters. The maximum absolute atomic E-state index is 11.8. The molecule has 0 bridgehead atoms. The Morgan fingerprint density at radius 2 is 1.89 bits per heavy atom. The summed E-state index contributed by atoms with van der Waals surface area (Å²) in [4.78, 5) is 11.8. The summed E-state index contributed by atoms with van der Waals surface area (Å²) in [5.41, 5.74) is -0.659. The summed E-state index contributed by atoms with van der Waals surface area (Å²) in [7, 11) is 0. The highest BCUT2D eigenvalue weighted by molar-refractivity contribution is 5.69. The van der Waals surface area contributed by atoms with Crippen LogP contribution in [0.5, 0.6) is 0 Å². The molecule has 2 fully saturated rings. The van der Waals surface area contributed by atoms with Gasteiger partial charge in [-0.05, 0) is 46.5 Å². The number of aliphatic hydroxyl groups is 1. The van der Waals surface area contributed by atoms with Crippen LogP contribution in [0.1, 0.15) is 59.3 Å². The van der Waals surface area contributed by atoms with E-state index in [0.29, 0.717) is 0 Å². The van der Waals surface area contributed by atoms with Crippen molar-refractivity contribution in [2.24, 2.45) is 5.92 Å². The van der Waals surface area contributed by atoms with Crippen molar-refractivity contribution in [1.29, 1.82) is 0 Å². The first-order valence-electron chi connectivity index (χ1n) is 7.02. The number of alkyl carbamates (subject to hydrolysis) is 1. The lowest BCUT2D eigenvalue weighted by Crippen LogP contribution is -2.49. The topological polar surface area (TPSA) is 58.6 Å². The molecule has 0 heterocycles. The normalized spacial score (nSPS) is 30.7. The lowest BCUT2D eigenvalue weighted by molar-refractivity contribution is 0.0245. The van der Waals surface area contributed by atoms with E-state index in [1.165, 1.54) is 0 Å². The average Bonchev–Trinajstić information content (AvgIpc) is 2.96. The van der Waals surface area contributed by atoms with E-state index in [9.17, 15) is 9.90 Å². The molecule has 2 N–H and O–H groups in total. The monoisotopic (exact) mass is 255 g/mol. The number of amides is 1. The second-order valence-electron chi connectivity index (χ2n) is 6.74. The number of aliphatic hydroxyl groups excluding tert-OH is 1. The van der Waals surface area contributed by atoms with Crippen LogP contribution < -0.4 is 5.32 Å². The lowest BCUT2D eigenvalue weighted by Gasteiger charge is -2.35. The van der Waals surface area contributed by atoms with Gasteiger partial charge in [-0.25, -0.2) is 4.79 Å². The van der Waals surface area contributed by atoms with Gasteiger partial charge in [0.25, 0.3) is 0 Å². The summed E-state index contributed by atoms with van der Waals surface area (Å²) >= 11 is 0. The van der Waals surface area contributed by atoms with Crippen LogP contribution in [0.25, 0.3) is 0 Å². The fourth-order valence-corrected chi connectivity index (χ4v) is 2.99. The number of nitrogens with one attached hydrogen (secondary N) is 1. The second kappa shape index (κ2) is 4.72. The summed E-state index contributed by atoms with van der Waals surface area (Å²) < 4.78 is 5.31. The van der Waals surface area contributed by atoms with Crippen molar-refractivity contribution in [2.45, 2.75) is 76.5 Å². The number of carbonyl (C=O) groups excluding carboxylic acids is 1.